The van der Waals surface area contributed by atoms with Gasteiger partial charge in [-0.25, -0.2) is 0 Å². The molecule has 3 nitrogen and oxygen atoms in total. The molecule has 126 valence electrons. The Morgan fingerprint density at radius 3 is 1.60 bits per heavy atom. The maximum Gasteiger partial charge on any atom is 0.101 e. The fourth-order valence-corrected chi connectivity index (χ4v) is 2.90. The molecule has 0 aromatic heterocycles. The summed E-state index contributed by atoms with van der Waals surface area (Å²) in [6, 6.07) is 28.9. The number of nitrogens with zero attached hydrogens (tertiary/aromatic N) is 2. The van der Waals surface area contributed by atoms with E-state index in [0.29, 0.717) is 6.42 Å². The summed E-state index contributed by atoms with van der Waals surface area (Å²) >= 11 is 0. The molecule has 0 amide bonds. The van der Waals surface area contributed by atoms with Gasteiger partial charge >= 0.3 is 0 Å². The summed E-state index contributed by atoms with van der Waals surface area (Å²) in [5, 5.41) is 3.21. The van der Waals surface area contributed by atoms with Gasteiger partial charge in [0.25, 0.3) is 0 Å². The summed E-state index contributed by atoms with van der Waals surface area (Å²) in [5.74, 6) is 0. The largest absolute Gasteiger partial charge is 0.311 e. The van der Waals surface area contributed by atoms with E-state index in [1.165, 1.54) is 0 Å². The van der Waals surface area contributed by atoms with Crippen LogP contribution in [0.15, 0.2) is 90.1 Å². The molecule has 0 saturated carbocycles. The highest BCUT2D eigenvalue weighted by Gasteiger charge is 2.19. The molecule has 3 rings (SSSR count). The smallest absolute Gasteiger partial charge is 0.101 e. The average Bonchev–Trinajstić information content (AvgIpc) is 2.65. The SMILES string of the molecule is CC(C)(Cc1ccc(N(c2ccccc2)c2ccccc2)cc1)N=O. The van der Waals surface area contributed by atoms with Gasteiger partial charge in [0, 0.05) is 23.5 Å². The van der Waals surface area contributed by atoms with Crippen LogP contribution in [0.4, 0.5) is 17.1 Å². The Morgan fingerprint density at radius 1 is 0.720 bits per heavy atom. The zero-order valence-electron chi connectivity index (χ0n) is 14.6. The number of anilines is 3. The van der Waals surface area contributed by atoms with Gasteiger partial charge in [0.05, 0.1) is 0 Å². The van der Waals surface area contributed by atoms with Gasteiger partial charge in [-0.1, -0.05) is 53.7 Å². The Hall–Kier alpha value is -2.94. The highest BCUT2D eigenvalue weighted by atomic mass is 16.3. The van der Waals surface area contributed by atoms with Gasteiger partial charge in [-0.05, 0) is 55.8 Å². The van der Waals surface area contributed by atoms with Crippen LogP contribution in [0.5, 0.6) is 0 Å². The van der Waals surface area contributed by atoms with E-state index in [0.717, 1.165) is 22.6 Å². The highest BCUT2D eigenvalue weighted by Crippen LogP contribution is 2.34. The number of nitroso groups, excluding NO2 is 1. The minimum atomic E-state index is -0.583. The second-order valence-electron chi connectivity index (χ2n) is 6.75. The van der Waals surface area contributed by atoms with Crippen LogP contribution in [0.25, 0.3) is 0 Å². The lowest BCUT2D eigenvalue weighted by molar-refractivity contribution is 0.515. The number of rotatable bonds is 6. The number of para-hydroxylation sites is 2. The van der Waals surface area contributed by atoms with Gasteiger partial charge in [-0.2, -0.15) is 4.91 Å². The second kappa shape index (κ2) is 7.31. The molecule has 0 aliphatic heterocycles. The summed E-state index contributed by atoms with van der Waals surface area (Å²) in [4.78, 5) is 13.1. The fraction of sp³-hybridized carbons (Fsp3) is 0.182. The van der Waals surface area contributed by atoms with Crippen LogP contribution in [0.3, 0.4) is 0 Å². The zero-order valence-corrected chi connectivity index (χ0v) is 14.6. The maximum atomic E-state index is 10.9. The van der Waals surface area contributed by atoms with Crippen LogP contribution in [-0.2, 0) is 6.42 Å². The van der Waals surface area contributed by atoms with Crippen LogP contribution in [0, 0.1) is 4.91 Å². The molecule has 0 aliphatic carbocycles. The molecule has 3 aromatic carbocycles. The van der Waals surface area contributed by atoms with Crippen molar-refractivity contribution in [3.05, 3.63) is 95.4 Å². The first-order chi connectivity index (χ1) is 12.1. The van der Waals surface area contributed by atoms with Crippen LogP contribution >= 0.6 is 0 Å². The van der Waals surface area contributed by atoms with E-state index >= 15 is 0 Å². The topological polar surface area (TPSA) is 32.7 Å². The molecule has 0 radical (unpaired) electrons. The number of hydrogen-bond acceptors (Lipinski definition) is 3. The zero-order chi connectivity index (χ0) is 17.7. The highest BCUT2D eigenvalue weighted by molar-refractivity contribution is 5.76. The Kier molecular flexibility index (Phi) is 4.94. The van der Waals surface area contributed by atoms with Gasteiger partial charge in [0.1, 0.15) is 5.54 Å². The predicted molar refractivity (Wildman–Crippen MR) is 105 cm³/mol. The van der Waals surface area contributed by atoms with Gasteiger partial charge in [0.15, 0.2) is 0 Å². The van der Waals surface area contributed by atoms with E-state index in [9.17, 15) is 4.91 Å². The van der Waals surface area contributed by atoms with E-state index in [1.807, 2.05) is 50.2 Å². The number of hydrogen-bond donors (Lipinski definition) is 0. The third-order valence-corrected chi connectivity index (χ3v) is 4.11. The molecular weight excluding hydrogens is 308 g/mol. The molecule has 0 spiro atoms. The fourth-order valence-electron chi connectivity index (χ4n) is 2.90. The van der Waals surface area contributed by atoms with Crippen molar-refractivity contribution in [1.82, 2.24) is 0 Å². The van der Waals surface area contributed by atoms with E-state index < -0.39 is 5.54 Å². The first-order valence-electron chi connectivity index (χ1n) is 8.43. The first-order valence-corrected chi connectivity index (χ1v) is 8.43. The van der Waals surface area contributed by atoms with Crippen molar-refractivity contribution in [3.8, 4) is 0 Å². The van der Waals surface area contributed by atoms with Crippen molar-refractivity contribution < 1.29 is 0 Å². The van der Waals surface area contributed by atoms with Gasteiger partial charge < -0.3 is 4.90 Å². The molecule has 0 unspecified atom stereocenters. The lowest BCUT2D eigenvalue weighted by atomic mass is 9.96. The van der Waals surface area contributed by atoms with Crippen molar-refractivity contribution in [2.75, 3.05) is 4.90 Å². The molecule has 0 bridgehead atoms. The van der Waals surface area contributed by atoms with Crippen molar-refractivity contribution in [2.45, 2.75) is 25.8 Å². The van der Waals surface area contributed by atoms with E-state index in [2.05, 4.69) is 58.6 Å². The van der Waals surface area contributed by atoms with E-state index in [-0.39, 0.29) is 0 Å². The van der Waals surface area contributed by atoms with E-state index in [4.69, 9.17) is 0 Å². The molecule has 0 saturated heterocycles. The van der Waals surface area contributed by atoms with Crippen molar-refractivity contribution in [1.29, 1.82) is 0 Å². The van der Waals surface area contributed by atoms with Crippen LogP contribution in [-0.4, -0.2) is 5.54 Å². The summed E-state index contributed by atoms with van der Waals surface area (Å²) < 4.78 is 0. The lowest BCUT2D eigenvalue weighted by Crippen LogP contribution is -2.19. The Morgan fingerprint density at radius 2 is 1.16 bits per heavy atom. The quantitative estimate of drug-likeness (QED) is 0.501. The van der Waals surface area contributed by atoms with Crippen molar-refractivity contribution in [3.63, 3.8) is 0 Å². The number of benzene rings is 3. The van der Waals surface area contributed by atoms with Crippen LogP contribution in [0.2, 0.25) is 0 Å². The Bertz CT molecular complexity index is 772. The predicted octanol–water partition coefficient (Wildman–Crippen LogP) is 6.24. The molecule has 0 fully saturated rings. The standard InChI is InChI=1S/C22H22N2O/c1-22(2,23-25)17-18-13-15-21(16-14-18)24(19-9-5-3-6-10-19)20-11-7-4-8-12-20/h3-16H,17H2,1-2H3. The molecule has 25 heavy (non-hydrogen) atoms. The third-order valence-electron chi connectivity index (χ3n) is 4.11. The maximum absolute atomic E-state index is 10.9. The third kappa shape index (κ3) is 4.13. The van der Waals surface area contributed by atoms with Gasteiger partial charge in [-0.3, -0.25) is 0 Å². The van der Waals surface area contributed by atoms with Crippen molar-refractivity contribution >= 4 is 17.1 Å². The monoisotopic (exact) mass is 330 g/mol. The lowest BCUT2D eigenvalue weighted by Gasteiger charge is -2.25. The summed E-state index contributed by atoms with van der Waals surface area (Å²) in [6.07, 6.45) is 0.632. The molecular formula is C22H22N2O. The molecule has 0 atom stereocenters. The van der Waals surface area contributed by atoms with Crippen molar-refractivity contribution in [2.24, 2.45) is 5.18 Å². The van der Waals surface area contributed by atoms with Gasteiger partial charge in [-0.15, -0.1) is 0 Å². The molecule has 3 heteroatoms. The first kappa shape index (κ1) is 16.9. The second-order valence-corrected chi connectivity index (χ2v) is 6.75. The summed E-state index contributed by atoms with van der Waals surface area (Å²) in [6.45, 7) is 3.71. The van der Waals surface area contributed by atoms with Crippen LogP contribution in [0.1, 0.15) is 19.4 Å². The molecule has 0 aliphatic rings. The van der Waals surface area contributed by atoms with Gasteiger partial charge in [0.2, 0.25) is 0 Å². The summed E-state index contributed by atoms with van der Waals surface area (Å²) in [7, 11) is 0. The summed E-state index contributed by atoms with van der Waals surface area (Å²) in [5.41, 5.74) is 3.82. The van der Waals surface area contributed by atoms with E-state index in [1.54, 1.807) is 0 Å². The normalized spacial score (nSPS) is 11.1. The minimum absolute atomic E-state index is 0.583. The molecule has 3 aromatic rings. The molecule has 0 N–H and O–H groups in total. The van der Waals surface area contributed by atoms with Crippen LogP contribution < -0.4 is 4.90 Å². The average molecular weight is 330 g/mol. The minimum Gasteiger partial charge on any atom is -0.311 e. The molecule has 0 heterocycles. The Labute approximate surface area is 148 Å². The Balaban J connectivity index is 1.96.